The summed E-state index contributed by atoms with van der Waals surface area (Å²) < 4.78 is 6.15. The van der Waals surface area contributed by atoms with Crippen LogP contribution in [0.3, 0.4) is 0 Å². The normalized spacial score (nSPS) is 39.9. The predicted molar refractivity (Wildman–Crippen MR) is 75.9 cm³/mol. The molecular formula is C17H25NO. The van der Waals surface area contributed by atoms with Crippen molar-refractivity contribution in [3.63, 3.8) is 0 Å². The third-order valence-corrected chi connectivity index (χ3v) is 5.79. The molecule has 5 rings (SSSR count). The number of rotatable bonds is 4. The molecule has 0 atom stereocenters. The van der Waals surface area contributed by atoms with Crippen molar-refractivity contribution in [1.82, 2.24) is 5.32 Å². The highest BCUT2D eigenvalue weighted by Gasteiger charge is 2.49. The van der Waals surface area contributed by atoms with Gasteiger partial charge >= 0.3 is 0 Å². The molecule has 1 aromatic rings. The molecule has 4 fully saturated rings. The minimum absolute atomic E-state index is 0.739. The average molecular weight is 259 g/mol. The van der Waals surface area contributed by atoms with Crippen molar-refractivity contribution in [3.05, 3.63) is 23.7 Å². The van der Waals surface area contributed by atoms with E-state index in [1.54, 1.807) is 0 Å². The summed E-state index contributed by atoms with van der Waals surface area (Å²) in [5.41, 5.74) is 0. The third-order valence-electron chi connectivity index (χ3n) is 5.79. The van der Waals surface area contributed by atoms with E-state index in [1.165, 1.54) is 37.9 Å². The van der Waals surface area contributed by atoms with Crippen molar-refractivity contribution < 1.29 is 4.42 Å². The molecule has 0 aliphatic heterocycles. The Hall–Kier alpha value is -0.760. The van der Waals surface area contributed by atoms with Crippen LogP contribution in [0.1, 0.15) is 56.5 Å². The van der Waals surface area contributed by atoms with Crippen LogP contribution < -0.4 is 5.32 Å². The zero-order chi connectivity index (χ0) is 12.8. The molecule has 4 saturated carbocycles. The van der Waals surface area contributed by atoms with E-state index in [0.29, 0.717) is 0 Å². The van der Waals surface area contributed by atoms with Gasteiger partial charge in [-0.25, -0.2) is 0 Å². The van der Waals surface area contributed by atoms with E-state index in [2.05, 4.69) is 24.4 Å². The first-order chi connectivity index (χ1) is 9.33. The van der Waals surface area contributed by atoms with Gasteiger partial charge in [-0.3, -0.25) is 0 Å². The highest BCUT2D eigenvalue weighted by molar-refractivity contribution is 5.17. The molecular weight excluding hydrogens is 234 g/mol. The number of furan rings is 1. The number of nitrogens with one attached hydrogen (secondary N) is 1. The third kappa shape index (κ3) is 2.05. The topological polar surface area (TPSA) is 25.2 Å². The molecule has 4 bridgehead atoms. The summed E-state index contributed by atoms with van der Waals surface area (Å²) in [6, 6.07) is 4.45. The fourth-order valence-corrected chi connectivity index (χ4v) is 5.31. The molecule has 2 heteroatoms. The van der Waals surface area contributed by atoms with E-state index in [-0.39, 0.29) is 0 Å². The summed E-state index contributed by atoms with van der Waals surface area (Å²) in [7, 11) is 0. The van der Waals surface area contributed by atoms with Crippen molar-refractivity contribution in [2.45, 2.75) is 51.5 Å². The van der Waals surface area contributed by atoms with Gasteiger partial charge in [0.2, 0.25) is 0 Å². The molecule has 4 aliphatic carbocycles. The second kappa shape index (κ2) is 4.66. The second-order valence-electron chi connectivity index (χ2n) is 7.04. The Morgan fingerprint density at radius 3 is 2.37 bits per heavy atom. The zero-order valence-corrected chi connectivity index (χ0v) is 11.9. The molecule has 0 amide bonds. The van der Waals surface area contributed by atoms with E-state index in [4.69, 9.17) is 4.42 Å². The number of hydrogen-bond acceptors (Lipinski definition) is 2. The van der Waals surface area contributed by atoms with Crippen LogP contribution in [0, 0.1) is 23.7 Å². The molecule has 0 aromatic carbocycles. The summed E-state index contributed by atoms with van der Waals surface area (Å²) in [6.45, 7) is 4.03. The van der Waals surface area contributed by atoms with Crippen LogP contribution in [0.15, 0.2) is 16.5 Å². The Morgan fingerprint density at radius 1 is 1.05 bits per heavy atom. The molecule has 0 spiro atoms. The molecule has 1 N–H and O–H groups in total. The second-order valence-corrected chi connectivity index (χ2v) is 7.04. The highest BCUT2D eigenvalue weighted by Crippen LogP contribution is 2.59. The monoisotopic (exact) mass is 259 g/mol. The lowest BCUT2D eigenvalue weighted by Crippen LogP contribution is -2.43. The van der Waals surface area contributed by atoms with E-state index < -0.39 is 0 Å². The lowest BCUT2D eigenvalue weighted by Gasteiger charge is -2.53. The maximum absolute atomic E-state index is 6.15. The van der Waals surface area contributed by atoms with Crippen LogP contribution in [0.4, 0.5) is 0 Å². The van der Waals surface area contributed by atoms with Crippen molar-refractivity contribution in [2.24, 2.45) is 23.7 Å². The van der Waals surface area contributed by atoms with Crippen LogP contribution in [0.2, 0.25) is 0 Å². The van der Waals surface area contributed by atoms with Gasteiger partial charge in [-0.2, -0.15) is 0 Å². The van der Waals surface area contributed by atoms with Gasteiger partial charge < -0.3 is 9.73 Å². The van der Waals surface area contributed by atoms with E-state index in [1.807, 2.05) is 0 Å². The van der Waals surface area contributed by atoms with Crippen LogP contribution >= 0.6 is 0 Å². The minimum atomic E-state index is 0.739. The van der Waals surface area contributed by atoms with Gasteiger partial charge in [0.25, 0.3) is 0 Å². The Labute approximate surface area is 116 Å². The molecule has 1 aromatic heterocycles. The Morgan fingerprint density at radius 2 is 1.74 bits per heavy atom. The van der Waals surface area contributed by atoms with E-state index in [9.17, 15) is 0 Å². The van der Waals surface area contributed by atoms with Crippen LogP contribution in [0.25, 0.3) is 0 Å². The van der Waals surface area contributed by atoms with Gasteiger partial charge in [0.1, 0.15) is 11.5 Å². The zero-order valence-electron chi connectivity index (χ0n) is 11.9. The lowest BCUT2D eigenvalue weighted by molar-refractivity contribution is -0.00994. The van der Waals surface area contributed by atoms with Crippen molar-refractivity contribution in [2.75, 3.05) is 6.54 Å². The summed E-state index contributed by atoms with van der Waals surface area (Å²) in [6.07, 6.45) is 7.42. The van der Waals surface area contributed by atoms with Crippen molar-refractivity contribution in [3.8, 4) is 0 Å². The first kappa shape index (κ1) is 12.0. The molecule has 104 valence electrons. The van der Waals surface area contributed by atoms with Gasteiger partial charge in [-0.1, -0.05) is 6.92 Å². The van der Waals surface area contributed by atoms with Gasteiger partial charge in [-0.15, -0.1) is 0 Å². The van der Waals surface area contributed by atoms with Crippen molar-refractivity contribution >= 4 is 0 Å². The van der Waals surface area contributed by atoms with Gasteiger partial charge in [-0.05, 0) is 74.5 Å². The molecule has 2 nitrogen and oxygen atoms in total. The van der Waals surface area contributed by atoms with Crippen molar-refractivity contribution in [1.29, 1.82) is 0 Å². The minimum Gasteiger partial charge on any atom is -0.464 e. The first-order valence-corrected chi connectivity index (χ1v) is 8.12. The highest BCUT2D eigenvalue weighted by atomic mass is 16.3. The quantitative estimate of drug-likeness (QED) is 0.886. The largest absolute Gasteiger partial charge is 0.464 e. The molecule has 19 heavy (non-hydrogen) atoms. The van der Waals surface area contributed by atoms with Crippen LogP contribution in [-0.4, -0.2) is 6.54 Å². The standard InChI is InChI=1S/C17H25NO/c1-2-18-10-15-3-4-16(19-15)17-13-6-11-5-12(8-13)9-14(17)7-11/h3-4,11-14,17-18H,2,5-10H2,1H3. The summed E-state index contributed by atoms with van der Waals surface area (Å²) in [5.74, 6) is 7.10. The molecule has 0 unspecified atom stereocenters. The Bertz CT molecular complexity index is 422. The maximum Gasteiger partial charge on any atom is 0.117 e. The lowest BCUT2D eigenvalue weighted by atomic mass is 9.51. The predicted octanol–water partition coefficient (Wildman–Crippen LogP) is 3.93. The fraction of sp³-hybridized carbons (Fsp3) is 0.765. The molecule has 4 aliphatic rings. The van der Waals surface area contributed by atoms with Gasteiger partial charge in [0.15, 0.2) is 0 Å². The maximum atomic E-state index is 6.15. The SMILES string of the molecule is CCNCc1ccc(C2C3CC4CC(C3)CC2C4)o1. The molecule has 0 radical (unpaired) electrons. The van der Waals surface area contributed by atoms with E-state index >= 15 is 0 Å². The first-order valence-electron chi connectivity index (χ1n) is 8.12. The summed E-state index contributed by atoms with van der Waals surface area (Å²) >= 11 is 0. The Balaban J connectivity index is 1.54. The summed E-state index contributed by atoms with van der Waals surface area (Å²) in [5, 5.41) is 3.35. The Kier molecular flexibility index (Phi) is 2.95. The van der Waals surface area contributed by atoms with Gasteiger partial charge in [0, 0.05) is 5.92 Å². The van der Waals surface area contributed by atoms with Crippen LogP contribution in [0.5, 0.6) is 0 Å². The smallest absolute Gasteiger partial charge is 0.117 e. The molecule has 1 heterocycles. The van der Waals surface area contributed by atoms with Gasteiger partial charge in [0.05, 0.1) is 6.54 Å². The molecule has 0 saturated heterocycles. The van der Waals surface area contributed by atoms with Crippen LogP contribution in [-0.2, 0) is 6.54 Å². The summed E-state index contributed by atoms with van der Waals surface area (Å²) in [4.78, 5) is 0. The fourth-order valence-electron chi connectivity index (χ4n) is 5.31. The average Bonchev–Trinajstić information content (AvgIpc) is 2.83. The van der Waals surface area contributed by atoms with E-state index in [0.717, 1.165) is 48.4 Å². The number of hydrogen-bond donors (Lipinski definition) is 1.